The predicted octanol–water partition coefficient (Wildman–Crippen LogP) is 1.16. The molecule has 0 bridgehead atoms. The minimum atomic E-state index is -0.863. The van der Waals surface area contributed by atoms with Crippen molar-refractivity contribution in [3.05, 3.63) is 12.2 Å². The van der Waals surface area contributed by atoms with Crippen LogP contribution in [0.2, 0.25) is 0 Å². The summed E-state index contributed by atoms with van der Waals surface area (Å²) in [6.07, 6.45) is 7.35. The van der Waals surface area contributed by atoms with Gasteiger partial charge >= 0.3 is 5.97 Å². The van der Waals surface area contributed by atoms with Crippen LogP contribution in [-0.4, -0.2) is 47.2 Å². The lowest BCUT2D eigenvalue weighted by Gasteiger charge is -2.09. The molecule has 5 heteroatoms. The first kappa shape index (κ1) is 18.1. The van der Waals surface area contributed by atoms with E-state index >= 15 is 0 Å². The Morgan fingerprint density at radius 2 is 1.89 bits per heavy atom. The van der Waals surface area contributed by atoms with Gasteiger partial charge < -0.3 is 20.1 Å². The maximum Gasteiger partial charge on any atom is 0.305 e. The highest BCUT2D eigenvalue weighted by atomic mass is 16.5. The molecule has 0 aliphatic rings. The van der Waals surface area contributed by atoms with Crippen molar-refractivity contribution in [3.8, 4) is 0 Å². The van der Waals surface area contributed by atoms with E-state index in [-0.39, 0.29) is 19.0 Å². The molecule has 0 unspecified atom stereocenters. The summed E-state index contributed by atoms with van der Waals surface area (Å²) in [5.74, 6) is -0.162. The minimum absolute atomic E-state index is 0.159. The highest BCUT2D eigenvalue weighted by molar-refractivity contribution is 5.68. The first-order valence-electron chi connectivity index (χ1n) is 6.80. The molecule has 2 atom stereocenters. The zero-order chi connectivity index (χ0) is 14.5. The van der Waals surface area contributed by atoms with Crippen molar-refractivity contribution >= 4 is 5.97 Å². The molecule has 0 aromatic rings. The van der Waals surface area contributed by atoms with E-state index in [4.69, 9.17) is 10.2 Å². The molecule has 0 fully saturated rings. The molecule has 0 aliphatic carbocycles. The number of carbonyl (C=O) groups excluding carboxylic acids is 1. The maximum atomic E-state index is 10.8. The number of allylic oxidation sites excluding steroid dienone is 1. The Bertz CT molecular complexity index is 252. The smallest absolute Gasteiger partial charge is 0.305 e. The second kappa shape index (κ2) is 12.1. The standard InChI is InChI=1S/C14H26O5/c1-19-14(18)9-7-5-3-2-4-6-8-12(16)10-13(17)11-15/h6,8,12-13,15-17H,2-5,7,9-11H2,1H3/b8-6+/t12-,13-/m0/s1. The van der Waals surface area contributed by atoms with Crippen molar-refractivity contribution < 1.29 is 24.9 Å². The van der Waals surface area contributed by atoms with Crippen molar-refractivity contribution in [2.45, 2.75) is 57.2 Å². The van der Waals surface area contributed by atoms with E-state index in [1.165, 1.54) is 7.11 Å². The Hall–Kier alpha value is -0.910. The Morgan fingerprint density at radius 3 is 2.53 bits per heavy atom. The van der Waals surface area contributed by atoms with Crippen LogP contribution in [0.5, 0.6) is 0 Å². The van der Waals surface area contributed by atoms with Gasteiger partial charge in [0.1, 0.15) is 0 Å². The first-order valence-corrected chi connectivity index (χ1v) is 6.80. The molecule has 0 saturated heterocycles. The summed E-state index contributed by atoms with van der Waals surface area (Å²) < 4.78 is 4.55. The van der Waals surface area contributed by atoms with Gasteiger partial charge in [-0.25, -0.2) is 0 Å². The monoisotopic (exact) mass is 274 g/mol. The van der Waals surface area contributed by atoms with Crippen LogP contribution in [0.4, 0.5) is 0 Å². The van der Waals surface area contributed by atoms with Crippen LogP contribution >= 0.6 is 0 Å². The summed E-state index contributed by atoms with van der Waals surface area (Å²) in [6.45, 7) is -0.328. The highest BCUT2D eigenvalue weighted by Crippen LogP contribution is 2.07. The summed E-state index contributed by atoms with van der Waals surface area (Å²) >= 11 is 0. The normalized spacial score (nSPS) is 14.5. The second-order valence-corrected chi connectivity index (χ2v) is 4.60. The fourth-order valence-electron chi connectivity index (χ4n) is 1.67. The first-order chi connectivity index (χ1) is 9.10. The fraction of sp³-hybridized carbons (Fsp3) is 0.786. The van der Waals surface area contributed by atoms with Crippen molar-refractivity contribution in [1.29, 1.82) is 0 Å². The molecule has 0 amide bonds. The van der Waals surface area contributed by atoms with Gasteiger partial charge in [-0.2, -0.15) is 0 Å². The quantitative estimate of drug-likeness (QED) is 0.299. The molecule has 0 spiro atoms. The van der Waals surface area contributed by atoms with E-state index in [0.29, 0.717) is 6.42 Å². The number of carbonyl (C=O) groups is 1. The zero-order valence-electron chi connectivity index (χ0n) is 11.6. The lowest BCUT2D eigenvalue weighted by Crippen LogP contribution is -2.19. The molecule has 0 rings (SSSR count). The molecule has 5 nitrogen and oxygen atoms in total. The van der Waals surface area contributed by atoms with Gasteiger partial charge in [0, 0.05) is 12.8 Å². The van der Waals surface area contributed by atoms with E-state index in [1.807, 2.05) is 6.08 Å². The van der Waals surface area contributed by atoms with E-state index in [2.05, 4.69) is 4.74 Å². The van der Waals surface area contributed by atoms with Gasteiger partial charge in [0.05, 0.1) is 25.9 Å². The number of methoxy groups -OCH3 is 1. The Balaban J connectivity index is 3.40. The molecule has 3 N–H and O–H groups in total. The van der Waals surface area contributed by atoms with Crippen molar-refractivity contribution in [1.82, 2.24) is 0 Å². The Kier molecular flexibility index (Phi) is 11.6. The van der Waals surface area contributed by atoms with Gasteiger partial charge in [-0.3, -0.25) is 4.79 Å². The van der Waals surface area contributed by atoms with Crippen LogP contribution in [0.15, 0.2) is 12.2 Å². The molecule has 0 heterocycles. The van der Waals surface area contributed by atoms with Crippen LogP contribution in [0.3, 0.4) is 0 Å². The molecule has 0 aromatic carbocycles. The van der Waals surface area contributed by atoms with E-state index < -0.39 is 12.2 Å². The topological polar surface area (TPSA) is 87.0 Å². The number of aliphatic hydroxyl groups is 3. The SMILES string of the molecule is COC(=O)CCCCCC/C=C/[C@H](O)C[C@H](O)CO. The predicted molar refractivity (Wildman–Crippen MR) is 72.6 cm³/mol. The lowest BCUT2D eigenvalue weighted by atomic mass is 10.1. The fourth-order valence-corrected chi connectivity index (χ4v) is 1.67. The van der Waals surface area contributed by atoms with Gasteiger partial charge in [-0.05, 0) is 19.3 Å². The summed E-state index contributed by atoms with van der Waals surface area (Å²) in [6, 6.07) is 0. The average Bonchev–Trinajstić information content (AvgIpc) is 2.41. The zero-order valence-corrected chi connectivity index (χ0v) is 11.6. The van der Waals surface area contributed by atoms with Crippen LogP contribution < -0.4 is 0 Å². The van der Waals surface area contributed by atoms with Gasteiger partial charge in [0.15, 0.2) is 0 Å². The molecule has 0 radical (unpaired) electrons. The summed E-state index contributed by atoms with van der Waals surface area (Å²) in [7, 11) is 1.40. The highest BCUT2D eigenvalue weighted by Gasteiger charge is 2.07. The Labute approximate surface area is 114 Å². The molecule has 112 valence electrons. The van der Waals surface area contributed by atoms with Crippen LogP contribution in [0, 0.1) is 0 Å². The summed E-state index contributed by atoms with van der Waals surface area (Å²) in [5.41, 5.74) is 0. The molecular formula is C14H26O5. The van der Waals surface area contributed by atoms with E-state index in [0.717, 1.165) is 32.1 Å². The van der Waals surface area contributed by atoms with Gasteiger partial charge in [0.2, 0.25) is 0 Å². The van der Waals surface area contributed by atoms with Crippen molar-refractivity contribution in [3.63, 3.8) is 0 Å². The van der Waals surface area contributed by atoms with E-state index in [9.17, 15) is 9.90 Å². The summed E-state index contributed by atoms with van der Waals surface area (Å²) in [5, 5.41) is 27.2. The number of rotatable bonds is 11. The third-order valence-electron chi connectivity index (χ3n) is 2.81. The van der Waals surface area contributed by atoms with Crippen molar-refractivity contribution in [2.75, 3.05) is 13.7 Å². The molecular weight excluding hydrogens is 248 g/mol. The molecule has 0 aliphatic heterocycles. The minimum Gasteiger partial charge on any atom is -0.469 e. The lowest BCUT2D eigenvalue weighted by molar-refractivity contribution is -0.140. The van der Waals surface area contributed by atoms with Gasteiger partial charge in [-0.15, -0.1) is 0 Å². The second-order valence-electron chi connectivity index (χ2n) is 4.60. The maximum absolute atomic E-state index is 10.8. The third-order valence-corrected chi connectivity index (χ3v) is 2.81. The number of hydrogen-bond donors (Lipinski definition) is 3. The molecule has 19 heavy (non-hydrogen) atoms. The summed E-state index contributed by atoms with van der Waals surface area (Å²) in [4.78, 5) is 10.8. The van der Waals surface area contributed by atoms with Crippen molar-refractivity contribution in [2.24, 2.45) is 0 Å². The number of unbranched alkanes of at least 4 members (excludes halogenated alkanes) is 4. The van der Waals surface area contributed by atoms with Crippen LogP contribution in [0.1, 0.15) is 44.9 Å². The Morgan fingerprint density at radius 1 is 1.21 bits per heavy atom. The number of aliphatic hydroxyl groups excluding tert-OH is 3. The number of ether oxygens (including phenoxy) is 1. The number of hydrogen-bond acceptors (Lipinski definition) is 5. The third kappa shape index (κ3) is 11.9. The molecule has 0 saturated carbocycles. The number of esters is 1. The largest absolute Gasteiger partial charge is 0.469 e. The van der Waals surface area contributed by atoms with Crippen LogP contribution in [-0.2, 0) is 9.53 Å². The van der Waals surface area contributed by atoms with E-state index in [1.54, 1.807) is 6.08 Å². The van der Waals surface area contributed by atoms with Crippen LogP contribution in [0.25, 0.3) is 0 Å². The van der Waals surface area contributed by atoms with Gasteiger partial charge in [0.25, 0.3) is 0 Å². The molecule has 0 aromatic heterocycles. The average molecular weight is 274 g/mol. The van der Waals surface area contributed by atoms with Gasteiger partial charge in [-0.1, -0.05) is 25.0 Å².